The average molecular weight is 1780 g/mol. The van der Waals surface area contributed by atoms with Crippen LogP contribution in [0.4, 0.5) is 0 Å². The second-order valence-corrected chi connectivity index (χ2v) is 32.6. The minimum Gasteiger partial charge on any atom is -0.508 e. The van der Waals surface area contributed by atoms with Crippen molar-refractivity contribution >= 4 is 82.3 Å². The van der Waals surface area contributed by atoms with Crippen molar-refractivity contribution < 1.29 is 142 Å². The summed E-state index contributed by atoms with van der Waals surface area (Å²) in [6.45, 7) is 5.03. The van der Waals surface area contributed by atoms with Crippen molar-refractivity contribution in [2.24, 2.45) is 34.8 Å². The predicted octanol–water partition coefficient (Wildman–Crippen LogP) is -1.84. The molecule has 5 aromatic rings. The minimum absolute atomic E-state index is 0.123. The third-order valence-electron chi connectivity index (χ3n) is 22.1. The van der Waals surface area contributed by atoms with Crippen LogP contribution in [0.5, 0.6) is 46.0 Å². The zero-order valence-electron chi connectivity index (χ0n) is 67.9. The molecule has 12 rings (SSSR count). The Labute approximate surface area is 719 Å². The van der Waals surface area contributed by atoms with E-state index in [-0.39, 0.29) is 54.9 Å². The van der Waals surface area contributed by atoms with Crippen molar-refractivity contribution in [1.82, 2.24) is 42.5 Å². The molecule has 6 aliphatic heterocycles. The Morgan fingerprint density at radius 1 is 0.702 bits per heavy atom. The summed E-state index contributed by atoms with van der Waals surface area (Å²) in [5.41, 5.74) is 19.6. The Morgan fingerprint density at radius 3 is 1.95 bits per heavy atom. The number of ether oxygens (including phenoxy) is 7. The normalized spacial score (nSPS) is 28.8. The van der Waals surface area contributed by atoms with E-state index in [1.54, 1.807) is 13.8 Å². The number of carbonyl (C=O) groups is 10. The lowest BCUT2D eigenvalue weighted by atomic mass is 9.80. The van der Waals surface area contributed by atoms with Crippen LogP contribution in [-0.2, 0) is 66.9 Å². The SMILES string of the molecule is CN[C@H](CC(C)C)C(=O)N[C@H]1C(=O)N[C@@H](CC(N)=O)C(=O)N[C@H]2C(=O)N[C@@H](C(N)=O)c3ccc(O)c(c3)-c3c(O)cc(O)cc3C(C(=O)NCCC(O)C(O)CCC(=O)NC3CCC(OC)C(C(N)=O)C3O)NC(=O)C[C@H](O)c3ccc(c(Cl)c3)Oc3cc2cc(c3OC2O[C@@H](CO)[C@@H](O)[C@H](O)[C@@H]2O[C@@H]2C[C@](C)(N)[C@H](O)[C@@H](C)O2)Oc2ccc(cc2Cl)[C@H]1O. The number of nitrogens with one attached hydrogen (secondary N) is 8. The van der Waals surface area contributed by atoms with Crippen LogP contribution in [0.15, 0.2) is 78.9 Å². The third kappa shape index (κ3) is 22.6. The van der Waals surface area contributed by atoms with Gasteiger partial charge in [0.15, 0.2) is 23.9 Å². The fraction of sp³-hybridized carbons (Fsp3) is 0.506. The van der Waals surface area contributed by atoms with Gasteiger partial charge in [-0.1, -0.05) is 55.2 Å². The molecule has 0 aromatic heterocycles. The number of methoxy groups -OCH3 is 1. The molecule has 8 unspecified atom stereocenters. The number of phenols is 3. The van der Waals surface area contributed by atoms with E-state index in [0.717, 1.165) is 66.7 Å². The number of fused-ring (bicyclic) bond motifs is 16. The predicted molar refractivity (Wildman–Crippen MR) is 433 cm³/mol. The highest BCUT2D eigenvalue weighted by Crippen LogP contribution is 2.50. The molecule has 2 saturated heterocycles. The number of benzene rings is 5. The highest BCUT2D eigenvalue weighted by atomic mass is 35.5. The molecule has 43 heteroatoms. The number of aromatic hydroxyl groups is 3. The summed E-state index contributed by atoms with van der Waals surface area (Å²) in [4.78, 5) is 143. The van der Waals surface area contributed by atoms with Crippen LogP contribution in [0.2, 0.25) is 10.0 Å². The quantitative estimate of drug-likeness (QED) is 0.0323. The fourth-order valence-corrected chi connectivity index (χ4v) is 15.9. The number of halogens is 2. The first kappa shape index (κ1) is 95.8. The second-order valence-electron chi connectivity index (χ2n) is 31.8. The number of phenolic OH excluding ortho intramolecular Hbond substituents is 3. The maximum absolute atomic E-state index is 16.0. The lowest BCUT2D eigenvalue weighted by Crippen LogP contribution is -2.64. The van der Waals surface area contributed by atoms with E-state index in [9.17, 15) is 99.6 Å². The molecule has 0 spiro atoms. The standard InChI is InChI=1S/C81H104Cl2N12O29/c1-31(2)19-43(88-5)75(113)95-65-66(106)35-9-14-51(41(83)22-35)121-54-24-36-23-53(70(54)124-80-71(69(109)68(108)55(30-96)122-80)123-59-29-81(4,87)72(110)32(3)119-59)120-50-13-8-33(21-40(50)82)48(101)28-58(105)92-64(77(115)89-18-17-47(100)46(99)12-16-57(104)90-42-10-15-52(118-6)61(67(42)107)73(85)111)39-25-37(97)26-49(102)60(39)38-20-34(7-11-45(38)98)62(74(86)112)93-78(116)63(36)94-76(114)44(27-56(84)103)91-79(65)117/h7-9,11,13-14,20-26,31-32,42-44,46-48,52,55,59,61-69,71-72,80,88,96-102,106-110H,10,12,15-19,27-30,87H2,1-6H3,(H2,84,103)(H2,85,111)(H2,86,112)(H,89,115)(H,90,104)(H,91,117)(H,92,105)(H,93,116)(H,94,114)(H,95,113)/t32-,42?,43-,44+,46?,47?,48+,52?,55+,59-,61?,62-,63-,64?,65-,66-,67?,68-,69+,71+,72-,80?,81+/m1/s1. The van der Waals surface area contributed by atoms with Crippen molar-refractivity contribution in [1.29, 1.82) is 0 Å². The number of nitrogens with two attached hydrogens (primary N) is 4. The maximum atomic E-state index is 16.0. The van der Waals surface area contributed by atoms with Crippen molar-refractivity contribution in [2.75, 3.05) is 27.3 Å². The van der Waals surface area contributed by atoms with Crippen LogP contribution in [0.3, 0.4) is 0 Å². The number of carbonyl (C=O) groups excluding carboxylic acids is 10. The number of hydrogen-bond donors (Lipinski definition) is 24. The van der Waals surface area contributed by atoms with Crippen LogP contribution in [-0.4, -0.2) is 251 Å². The lowest BCUT2D eigenvalue weighted by molar-refractivity contribution is -0.333. The van der Waals surface area contributed by atoms with Crippen LogP contribution >= 0.6 is 23.2 Å². The van der Waals surface area contributed by atoms with Crippen LogP contribution in [0.25, 0.3) is 11.1 Å². The monoisotopic (exact) mass is 1780 g/mol. The van der Waals surface area contributed by atoms with Crippen LogP contribution in [0.1, 0.15) is 144 Å². The molecule has 1 aliphatic carbocycles. The van der Waals surface area contributed by atoms with E-state index < -0.39 is 316 Å². The summed E-state index contributed by atoms with van der Waals surface area (Å²) in [5.74, 6) is -18.3. The third-order valence-corrected chi connectivity index (χ3v) is 22.7. The number of primary amides is 3. The first-order valence-corrected chi connectivity index (χ1v) is 40.4. The molecule has 124 heavy (non-hydrogen) atoms. The van der Waals surface area contributed by atoms with Crippen molar-refractivity contribution in [2.45, 2.75) is 219 Å². The Balaban J connectivity index is 1.11. The minimum atomic E-state index is -2.38. The molecule has 23 atom stereocenters. The van der Waals surface area contributed by atoms with E-state index in [1.807, 2.05) is 0 Å². The Kier molecular flexibility index (Phi) is 31.8. The Hall–Kier alpha value is -10.4. The zero-order valence-corrected chi connectivity index (χ0v) is 69.4. The number of likely N-dealkylation sites (N-methyl/N-ethyl adjacent to an activating group) is 1. The first-order valence-electron chi connectivity index (χ1n) is 39.7. The molecule has 9 bridgehead atoms. The van der Waals surface area contributed by atoms with Crippen molar-refractivity contribution in [3.05, 3.63) is 117 Å². The molecule has 676 valence electrons. The number of aliphatic hydroxyl groups excluding tert-OH is 9. The molecule has 1 saturated carbocycles. The molecule has 28 N–H and O–H groups in total. The summed E-state index contributed by atoms with van der Waals surface area (Å²) in [7, 11) is 2.80. The summed E-state index contributed by atoms with van der Waals surface area (Å²) in [6, 6.07) is 0.522. The van der Waals surface area contributed by atoms with Crippen LogP contribution in [0, 0.1) is 11.8 Å². The molecule has 0 radical (unpaired) electrons. The van der Waals surface area contributed by atoms with E-state index in [4.69, 9.17) is 79.3 Å². The van der Waals surface area contributed by atoms with Gasteiger partial charge in [0.2, 0.25) is 71.1 Å². The molecule has 6 heterocycles. The molecule has 7 aliphatic rings. The van der Waals surface area contributed by atoms with Gasteiger partial charge in [-0.3, -0.25) is 47.9 Å². The van der Waals surface area contributed by atoms with Gasteiger partial charge in [0.25, 0.3) is 0 Å². The molecular weight excluding hydrogens is 1680 g/mol. The second kappa shape index (κ2) is 41.1. The number of rotatable bonds is 24. The van der Waals surface area contributed by atoms with Gasteiger partial charge in [-0.05, 0) is 141 Å². The molecule has 5 aromatic carbocycles. The smallest absolute Gasteiger partial charge is 0.248 e. The molecule has 10 amide bonds. The summed E-state index contributed by atoms with van der Waals surface area (Å²) < 4.78 is 43.8. The fourth-order valence-electron chi connectivity index (χ4n) is 15.4. The largest absolute Gasteiger partial charge is 0.508 e. The van der Waals surface area contributed by atoms with Gasteiger partial charge in [0.05, 0.1) is 90.2 Å². The van der Waals surface area contributed by atoms with E-state index in [2.05, 4.69) is 42.5 Å². The van der Waals surface area contributed by atoms with Crippen molar-refractivity contribution in [3.63, 3.8) is 0 Å². The lowest BCUT2D eigenvalue weighted by Gasteiger charge is -2.47. The first-order chi connectivity index (χ1) is 58.5. The Morgan fingerprint density at radius 2 is 1.35 bits per heavy atom. The van der Waals surface area contributed by atoms with E-state index in [0.29, 0.717) is 0 Å². The van der Waals surface area contributed by atoms with Crippen LogP contribution < -0.4 is 79.7 Å². The topological polar surface area (TPSA) is 678 Å². The number of hydrogen-bond acceptors (Lipinski definition) is 31. The highest BCUT2D eigenvalue weighted by Gasteiger charge is 2.52. The summed E-state index contributed by atoms with van der Waals surface area (Å²) in [5, 5.41) is 157. The maximum Gasteiger partial charge on any atom is 0.248 e. The van der Waals surface area contributed by atoms with Crippen molar-refractivity contribution in [3.8, 4) is 57.1 Å². The van der Waals surface area contributed by atoms with E-state index in [1.165, 1.54) is 40.1 Å². The summed E-state index contributed by atoms with van der Waals surface area (Å²) >= 11 is 14.2. The van der Waals surface area contributed by atoms with E-state index >= 15 is 9.59 Å². The van der Waals surface area contributed by atoms with Gasteiger partial charge in [-0.25, -0.2) is 0 Å². The number of aliphatic hydroxyl groups is 9. The highest BCUT2D eigenvalue weighted by molar-refractivity contribution is 6.32. The van der Waals surface area contributed by atoms with Gasteiger partial charge in [-0.15, -0.1) is 0 Å². The average Bonchev–Trinajstić information content (AvgIpc) is 0.769. The molecule has 3 fully saturated rings. The summed E-state index contributed by atoms with van der Waals surface area (Å²) in [6.07, 6.45) is -25.9. The molecular formula is C81H104Cl2N12O29. The zero-order chi connectivity index (χ0) is 90.9. The Bertz CT molecular complexity index is 4780. The molecule has 41 nitrogen and oxygen atoms in total. The van der Waals surface area contributed by atoms with Gasteiger partial charge >= 0.3 is 0 Å². The van der Waals surface area contributed by atoms with Gasteiger partial charge in [-0.2, -0.15) is 0 Å². The van der Waals surface area contributed by atoms with Gasteiger partial charge in [0.1, 0.15) is 83.4 Å². The van der Waals surface area contributed by atoms with Gasteiger partial charge in [0, 0.05) is 49.2 Å². The number of amides is 10. The van der Waals surface area contributed by atoms with Gasteiger partial charge < -0.3 is 160 Å².